The van der Waals surface area contributed by atoms with Gasteiger partial charge in [0.05, 0.1) is 18.4 Å². The molecule has 2 aromatic carbocycles. The summed E-state index contributed by atoms with van der Waals surface area (Å²) in [5.74, 6) is 0.840. The van der Waals surface area contributed by atoms with E-state index in [4.69, 9.17) is 4.74 Å². The predicted molar refractivity (Wildman–Crippen MR) is 115 cm³/mol. The largest absolute Gasteiger partial charge is 0.383 e. The molecule has 0 unspecified atom stereocenters. The van der Waals surface area contributed by atoms with Crippen molar-refractivity contribution in [3.8, 4) is 11.4 Å². The Labute approximate surface area is 173 Å². The van der Waals surface area contributed by atoms with Crippen LogP contribution in [0.15, 0.2) is 66.0 Å². The summed E-state index contributed by atoms with van der Waals surface area (Å²) in [7, 11) is 1.67. The van der Waals surface area contributed by atoms with Crippen LogP contribution >= 0.6 is 11.8 Å². The number of nitrogens with zero attached hydrogens (tertiary/aromatic N) is 3. The molecular weight excluding hydrogens is 384 g/mol. The topological polar surface area (TPSA) is 72.8 Å². The second-order valence-electron chi connectivity index (χ2n) is 6.69. The maximum atomic E-state index is 13.1. The van der Waals surface area contributed by atoms with Gasteiger partial charge in [-0.3, -0.25) is 9.36 Å². The van der Waals surface area contributed by atoms with Crippen LogP contribution in [0.2, 0.25) is 0 Å². The zero-order valence-corrected chi connectivity index (χ0v) is 17.1. The molecule has 0 amide bonds. The van der Waals surface area contributed by atoms with Crippen LogP contribution in [-0.4, -0.2) is 44.5 Å². The minimum atomic E-state index is -0.302. The van der Waals surface area contributed by atoms with E-state index in [0.29, 0.717) is 23.9 Å². The van der Waals surface area contributed by atoms with Crippen molar-refractivity contribution in [2.45, 2.75) is 23.9 Å². The van der Waals surface area contributed by atoms with Crippen LogP contribution in [0.1, 0.15) is 17.3 Å². The van der Waals surface area contributed by atoms with E-state index >= 15 is 0 Å². The van der Waals surface area contributed by atoms with Crippen molar-refractivity contribution >= 4 is 28.4 Å². The fourth-order valence-electron chi connectivity index (χ4n) is 3.27. The number of H-pyrrole nitrogens is 1. The van der Waals surface area contributed by atoms with Gasteiger partial charge in [0.1, 0.15) is 0 Å². The van der Waals surface area contributed by atoms with Gasteiger partial charge in [0, 0.05) is 35.3 Å². The van der Waals surface area contributed by atoms with Crippen molar-refractivity contribution < 1.29 is 9.53 Å². The van der Waals surface area contributed by atoms with Gasteiger partial charge in [0.25, 0.3) is 0 Å². The number of carbonyl (C=O) groups is 1. The molecule has 0 aliphatic carbocycles. The molecule has 0 bridgehead atoms. The molecule has 2 aromatic heterocycles. The van der Waals surface area contributed by atoms with Gasteiger partial charge >= 0.3 is 0 Å². The minimum absolute atomic E-state index is 0.0648. The van der Waals surface area contributed by atoms with Crippen LogP contribution in [-0.2, 0) is 11.3 Å². The lowest BCUT2D eigenvalue weighted by Gasteiger charge is -2.12. The summed E-state index contributed by atoms with van der Waals surface area (Å²) in [6.07, 6.45) is 1.79. The molecule has 4 rings (SSSR count). The summed E-state index contributed by atoms with van der Waals surface area (Å²) in [4.78, 5) is 16.3. The molecular formula is C22H22N4O2S. The first-order valence-electron chi connectivity index (χ1n) is 9.43. The Balaban J connectivity index is 1.61. The Morgan fingerprint density at radius 2 is 1.90 bits per heavy atom. The van der Waals surface area contributed by atoms with Crippen LogP contribution in [0.3, 0.4) is 0 Å². The number of Topliss-reactive ketones (excluding diaryl/α,β-unsaturated/α-hetero) is 1. The normalized spacial score (nSPS) is 12.3. The summed E-state index contributed by atoms with van der Waals surface area (Å²) in [5, 5.41) is 10.1. The number of para-hydroxylation sites is 1. The van der Waals surface area contributed by atoms with Crippen molar-refractivity contribution in [3.63, 3.8) is 0 Å². The number of fused-ring (bicyclic) bond motifs is 1. The van der Waals surface area contributed by atoms with Crippen molar-refractivity contribution in [3.05, 3.63) is 66.4 Å². The van der Waals surface area contributed by atoms with E-state index < -0.39 is 0 Å². The summed E-state index contributed by atoms with van der Waals surface area (Å²) in [6, 6.07) is 17.7. The maximum Gasteiger partial charge on any atom is 0.192 e. The first-order valence-corrected chi connectivity index (χ1v) is 10.3. The number of benzene rings is 2. The number of ketones is 1. The summed E-state index contributed by atoms with van der Waals surface area (Å²) in [5.41, 5.74) is 2.65. The Morgan fingerprint density at radius 3 is 2.69 bits per heavy atom. The number of ether oxygens (including phenoxy) is 1. The predicted octanol–water partition coefficient (Wildman–Crippen LogP) is 4.44. The van der Waals surface area contributed by atoms with Crippen LogP contribution in [0.4, 0.5) is 0 Å². The second kappa shape index (κ2) is 8.63. The number of aromatic nitrogens is 4. The molecule has 0 spiro atoms. The molecule has 2 heterocycles. The third-order valence-corrected chi connectivity index (χ3v) is 5.85. The molecule has 1 atom stereocenters. The number of rotatable bonds is 8. The highest BCUT2D eigenvalue weighted by atomic mass is 32.2. The van der Waals surface area contributed by atoms with E-state index in [1.165, 1.54) is 11.8 Å². The number of methoxy groups -OCH3 is 1. The third kappa shape index (κ3) is 3.97. The molecule has 0 saturated carbocycles. The maximum absolute atomic E-state index is 13.1. The van der Waals surface area contributed by atoms with Gasteiger partial charge in [0.15, 0.2) is 16.8 Å². The Hall–Kier alpha value is -2.90. The average molecular weight is 407 g/mol. The number of carbonyl (C=O) groups excluding carboxylic acids is 1. The lowest BCUT2D eigenvalue weighted by Crippen LogP contribution is -2.15. The van der Waals surface area contributed by atoms with Gasteiger partial charge in [0.2, 0.25) is 0 Å². The highest BCUT2D eigenvalue weighted by Gasteiger charge is 2.23. The number of hydrogen-bond donors (Lipinski definition) is 1. The zero-order valence-electron chi connectivity index (χ0n) is 16.3. The van der Waals surface area contributed by atoms with E-state index in [2.05, 4.69) is 15.2 Å². The minimum Gasteiger partial charge on any atom is -0.383 e. The summed E-state index contributed by atoms with van der Waals surface area (Å²) >= 11 is 1.42. The molecule has 7 heteroatoms. The van der Waals surface area contributed by atoms with Gasteiger partial charge in [-0.25, -0.2) is 0 Å². The lowest BCUT2D eigenvalue weighted by molar-refractivity contribution is 0.0995. The van der Waals surface area contributed by atoms with Crippen LogP contribution in [0.25, 0.3) is 22.3 Å². The van der Waals surface area contributed by atoms with E-state index in [9.17, 15) is 4.79 Å². The Morgan fingerprint density at radius 1 is 1.14 bits per heavy atom. The van der Waals surface area contributed by atoms with Crippen molar-refractivity contribution in [2.75, 3.05) is 13.7 Å². The summed E-state index contributed by atoms with van der Waals surface area (Å²) in [6.45, 7) is 3.06. The van der Waals surface area contributed by atoms with E-state index in [1.807, 2.05) is 66.1 Å². The third-order valence-electron chi connectivity index (χ3n) is 4.77. The molecule has 148 valence electrons. The standard InChI is InChI=1S/C22H22N4O2S/c1-15(20(27)18-14-23-19-11-7-6-10-17(18)19)29-22-25-24-21(26(22)12-13-28-2)16-8-4-3-5-9-16/h3-11,14-15,23H,12-13H2,1-2H3/t15-/m0/s1. The molecule has 0 saturated heterocycles. The first-order chi connectivity index (χ1) is 14.2. The Bertz CT molecular complexity index is 1120. The number of thioether (sulfide) groups is 1. The monoisotopic (exact) mass is 406 g/mol. The van der Waals surface area contributed by atoms with Gasteiger partial charge in [-0.15, -0.1) is 10.2 Å². The van der Waals surface area contributed by atoms with Crippen LogP contribution in [0, 0.1) is 0 Å². The fraction of sp³-hybridized carbons (Fsp3) is 0.227. The van der Waals surface area contributed by atoms with E-state index in [-0.39, 0.29) is 11.0 Å². The van der Waals surface area contributed by atoms with Gasteiger partial charge in [-0.2, -0.15) is 0 Å². The highest BCUT2D eigenvalue weighted by molar-refractivity contribution is 8.00. The van der Waals surface area contributed by atoms with Crippen LogP contribution in [0.5, 0.6) is 0 Å². The molecule has 0 radical (unpaired) electrons. The van der Waals surface area contributed by atoms with Gasteiger partial charge in [-0.05, 0) is 13.0 Å². The number of hydrogen-bond acceptors (Lipinski definition) is 5. The first kappa shape index (κ1) is 19.4. The van der Waals surface area contributed by atoms with Gasteiger partial charge < -0.3 is 9.72 Å². The molecule has 1 N–H and O–H groups in total. The van der Waals surface area contributed by atoms with Gasteiger partial charge in [-0.1, -0.05) is 60.3 Å². The molecule has 4 aromatic rings. The van der Waals surface area contributed by atoms with E-state index in [0.717, 1.165) is 22.3 Å². The molecule has 0 aliphatic rings. The van der Waals surface area contributed by atoms with Crippen molar-refractivity contribution in [1.82, 2.24) is 19.7 Å². The van der Waals surface area contributed by atoms with Crippen LogP contribution < -0.4 is 0 Å². The van der Waals surface area contributed by atoms with Crippen molar-refractivity contribution in [2.24, 2.45) is 0 Å². The highest BCUT2D eigenvalue weighted by Crippen LogP contribution is 2.30. The second-order valence-corrected chi connectivity index (χ2v) is 8.00. The Kier molecular flexibility index (Phi) is 5.78. The average Bonchev–Trinajstić information content (AvgIpc) is 3.36. The quantitative estimate of drug-likeness (QED) is 0.346. The molecule has 0 aliphatic heterocycles. The smallest absolute Gasteiger partial charge is 0.192 e. The SMILES string of the molecule is COCCn1c(S[C@@H](C)C(=O)c2c[nH]c3ccccc23)nnc1-c1ccccc1. The molecule has 6 nitrogen and oxygen atoms in total. The molecule has 0 fully saturated rings. The summed E-state index contributed by atoms with van der Waals surface area (Å²) < 4.78 is 7.28. The zero-order chi connectivity index (χ0) is 20.2. The fourth-order valence-corrected chi connectivity index (χ4v) is 4.21. The number of nitrogens with one attached hydrogen (secondary N) is 1. The molecule has 29 heavy (non-hydrogen) atoms. The van der Waals surface area contributed by atoms with Crippen molar-refractivity contribution in [1.29, 1.82) is 0 Å². The van der Waals surface area contributed by atoms with E-state index in [1.54, 1.807) is 13.3 Å². The number of aromatic amines is 1. The lowest BCUT2D eigenvalue weighted by atomic mass is 10.1.